The number of methoxy groups -OCH3 is 1. The van der Waals surface area contributed by atoms with Gasteiger partial charge in [0.05, 0.1) is 13.4 Å². The third kappa shape index (κ3) is 2.58. The van der Waals surface area contributed by atoms with Crippen molar-refractivity contribution in [1.82, 2.24) is 0 Å². The van der Waals surface area contributed by atoms with Crippen LogP contribution in [0.5, 0.6) is 5.75 Å². The Bertz CT molecular complexity index is 527. The Labute approximate surface area is 98.8 Å². The molecule has 0 amide bonds. The molecule has 1 N–H and O–H groups in total. The van der Waals surface area contributed by atoms with Gasteiger partial charge in [0.2, 0.25) is 0 Å². The van der Waals surface area contributed by atoms with Gasteiger partial charge in [-0.15, -0.1) is 0 Å². The Kier molecular flexibility index (Phi) is 3.32. The number of ether oxygens (including phenoxy) is 1. The molecule has 17 heavy (non-hydrogen) atoms. The number of fused-ring (bicyclic) bond motifs is 1. The van der Waals surface area contributed by atoms with Crippen molar-refractivity contribution in [1.29, 1.82) is 0 Å². The summed E-state index contributed by atoms with van der Waals surface area (Å²) in [5.41, 5.74) is 1.82. The van der Waals surface area contributed by atoms with Crippen molar-refractivity contribution in [3.8, 4) is 5.75 Å². The van der Waals surface area contributed by atoms with Crippen LogP contribution in [0.2, 0.25) is 0 Å². The number of benzene rings is 1. The molecule has 0 aliphatic heterocycles. The van der Waals surface area contributed by atoms with Crippen LogP contribution in [0.4, 0.5) is 0 Å². The van der Waals surface area contributed by atoms with Crippen molar-refractivity contribution >= 4 is 16.9 Å². The van der Waals surface area contributed by atoms with Gasteiger partial charge in [-0.25, -0.2) is 0 Å². The van der Waals surface area contributed by atoms with Crippen molar-refractivity contribution in [2.45, 2.75) is 19.3 Å². The summed E-state index contributed by atoms with van der Waals surface area (Å²) in [5.74, 6) is -0.0107. The van der Waals surface area contributed by atoms with E-state index in [2.05, 4.69) is 0 Å². The molecule has 4 nitrogen and oxygen atoms in total. The molecule has 0 spiro atoms. The molecule has 90 valence electrons. The molecule has 1 aromatic heterocycles. The predicted molar refractivity (Wildman–Crippen MR) is 63.3 cm³/mol. The standard InChI is InChI=1S/C13H14O4/c1-16-10-5-6-11-9(3-2-4-13(14)15)8-17-12(11)7-10/h5-8H,2-4H2,1H3,(H,14,15). The minimum atomic E-state index is -0.764. The molecule has 1 heterocycles. The fourth-order valence-corrected chi connectivity index (χ4v) is 1.81. The molecular weight excluding hydrogens is 220 g/mol. The molecule has 4 heteroatoms. The van der Waals surface area contributed by atoms with Crippen molar-refractivity contribution in [2.24, 2.45) is 0 Å². The number of aryl methyl sites for hydroxylation is 1. The predicted octanol–water partition coefficient (Wildman–Crippen LogP) is 2.85. The van der Waals surface area contributed by atoms with Gasteiger partial charge in [-0.05, 0) is 30.5 Å². The second-order valence-electron chi connectivity index (χ2n) is 3.87. The third-order valence-electron chi connectivity index (χ3n) is 2.70. The Morgan fingerprint density at radius 1 is 1.47 bits per heavy atom. The van der Waals surface area contributed by atoms with Gasteiger partial charge in [0.1, 0.15) is 11.3 Å². The van der Waals surface area contributed by atoms with Crippen LogP contribution in [0.1, 0.15) is 18.4 Å². The van der Waals surface area contributed by atoms with Gasteiger partial charge in [-0.2, -0.15) is 0 Å². The van der Waals surface area contributed by atoms with Crippen molar-refractivity contribution in [3.63, 3.8) is 0 Å². The summed E-state index contributed by atoms with van der Waals surface area (Å²) in [6.07, 6.45) is 3.20. The molecule has 0 aliphatic rings. The summed E-state index contributed by atoms with van der Waals surface area (Å²) in [5, 5.41) is 9.61. The zero-order valence-electron chi connectivity index (χ0n) is 9.60. The average Bonchev–Trinajstić information content (AvgIpc) is 2.71. The van der Waals surface area contributed by atoms with Gasteiger partial charge in [0.25, 0.3) is 0 Å². The molecule has 0 unspecified atom stereocenters. The van der Waals surface area contributed by atoms with E-state index < -0.39 is 5.97 Å². The molecule has 0 aliphatic carbocycles. The highest BCUT2D eigenvalue weighted by Gasteiger charge is 2.07. The zero-order valence-corrected chi connectivity index (χ0v) is 9.60. The van der Waals surface area contributed by atoms with Crippen LogP contribution in [-0.2, 0) is 11.2 Å². The summed E-state index contributed by atoms with van der Waals surface area (Å²) < 4.78 is 10.5. The molecule has 0 saturated carbocycles. The Hall–Kier alpha value is -1.97. The second-order valence-corrected chi connectivity index (χ2v) is 3.87. The Morgan fingerprint density at radius 2 is 2.29 bits per heavy atom. The van der Waals surface area contributed by atoms with E-state index >= 15 is 0 Å². The van der Waals surface area contributed by atoms with E-state index in [0.29, 0.717) is 12.8 Å². The summed E-state index contributed by atoms with van der Waals surface area (Å²) in [7, 11) is 1.61. The highest BCUT2D eigenvalue weighted by atomic mass is 16.5. The molecule has 2 aromatic rings. The maximum absolute atomic E-state index is 10.4. The SMILES string of the molecule is COc1ccc2c(CCCC(=O)O)coc2c1. The number of hydrogen-bond donors (Lipinski definition) is 1. The lowest BCUT2D eigenvalue weighted by Crippen LogP contribution is -1.95. The lowest BCUT2D eigenvalue weighted by Gasteiger charge is -1.99. The minimum absolute atomic E-state index is 0.183. The zero-order chi connectivity index (χ0) is 12.3. The van der Waals surface area contributed by atoms with Crippen LogP contribution < -0.4 is 4.74 Å². The van der Waals surface area contributed by atoms with Crippen LogP contribution in [-0.4, -0.2) is 18.2 Å². The number of rotatable bonds is 5. The summed E-state index contributed by atoms with van der Waals surface area (Å²) in [6.45, 7) is 0. The number of carboxylic acids is 1. The van der Waals surface area contributed by atoms with E-state index in [1.807, 2.05) is 18.2 Å². The fraction of sp³-hybridized carbons (Fsp3) is 0.308. The number of furan rings is 1. The lowest BCUT2D eigenvalue weighted by atomic mass is 10.1. The van der Waals surface area contributed by atoms with Crippen LogP contribution in [0.15, 0.2) is 28.9 Å². The van der Waals surface area contributed by atoms with Crippen molar-refractivity contribution in [3.05, 3.63) is 30.0 Å². The highest BCUT2D eigenvalue weighted by molar-refractivity contribution is 5.82. The minimum Gasteiger partial charge on any atom is -0.497 e. The first kappa shape index (κ1) is 11.5. The number of hydrogen-bond acceptors (Lipinski definition) is 3. The summed E-state index contributed by atoms with van der Waals surface area (Å²) >= 11 is 0. The van der Waals surface area contributed by atoms with Crippen molar-refractivity contribution in [2.75, 3.05) is 7.11 Å². The largest absolute Gasteiger partial charge is 0.497 e. The molecule has 0 atom stereocenters. The van der Waals surface area contributed by atoms with E-state index in [0.717, 1.165) is 22.3 Å². The molecule has 0 fully saturated rings. The number of carboxylic acid groups (broad SMARTS) is 1. The first-order valence-electron chi connectivity index (χ1n) is 5.46. The normalized spacial score (nSPS) is 10.6. The van der Waals surface area contributed by atoms with Gasteiger partial charge in [-0.1, -0.05) is 0 Å². The van der Waals surface area contributed by atoms with Crippen LogP contribution >= 0.6 is 0 Å². The molecular formula is C13H14O4. The van der Waals surface area contributed by atoms with E-state index in [1.165, 1.54) is 0 Å². The molecule has 1 aromatic carbocycles. The van der Waals surface area contributed by atoms with Crippen LogP contribution in [0.3, 0.4) is 0 Å². The maximum atomic E-state index is 10.4. The number of aliphatic carboxylic acids is 1. The van der Waals surface area contributed by atoms with Crippen molar-refractivity contribution < 1.29 is 19.1 Å². The first-order valence-corrected chi connectivity index (χ1v) is 5.46. The molecule has 0 saturated heterocycles. The first-order chi connectivity index (χ1) is 8.20. The van der Waals surface area contributed by atoms with Gasteiger partial charge in [0.15, 0.2) is 0 Å². The van der Waals surface area contributed by atoms with E-state index in [-0.39, 0.29) is 6.42 Å². The van der Waals surface area contributed by atoms with E-state index in [9.17, 15) is 4.79 Å². The van der Waals surface area contributed by atoms with Gasteiger partial charge >= 0.3 is 5.97 Å². The van der Waals surface area contributed by atoms with Gasteiger partial charge < -0.3 is 14.3 Å². The topological polar surface area (TPSA) is 59.7 Å². The molecule has 0 radical (unpaired) electrons. The fourth-order valence-electron chi connectivity index (χ4n) is 1.81. The van der Waals surface area contributed by atoms with Gasteiger partial charge in [0, 0.05) is 17.9 Å². The smallest absolute Gasteiger partial charge is 0.303 e. The van der Waals surface area contributed by atoms with Crippen LogP contribution in [0.25, 0.3) is 11.0 Å². The van der Waals surface area contributed by atoms with Crippen LogP contribution in [0, 0.1) is 0 Å². The summed E-state index contributed by atoms with van der Waals surface area (Å²) in [6, 6.07) is 5.64. The van der Waals surface area contributed by atoms with Gasteiger partial charge in [-0.3, -0.25) is 4.79 Å². The monoisotopic (exact) mass is 234 g/mol. The highest BCUT2D eigenvalue weighted by Crippen LogP contribution is 2.26. The summed E-state index contributed by atoms with van der Waals surface area (Å²) in [4.78, 5) is 10.4. The number of carbonyl (C=O) groups is 1. The van der Waals surface area contributed by atoms with E-state index in [4.69, 9.17) is 14.3 Å². The molecule has 0 bridgehead atoms. The lowest BCUT2D eigenvalue weighted by molar-refractivity contribution is -0.137. The third-order valence-corrected chi connectivity index (χ3v) is 2.70. The second kappa shape index (κ2) is 4.91. The molecule has 2 rings (SSSR count). The quantitative estimate of drug-likeness (QED) is 0.864. The maximum Gasteiger partial charge on any atom is 0.303 e. The Morgan fingerprint density at radius 3 is 3.00 bits per heavy atom. The Balaban J connectivity index is 2.16. The van der Waals surface area contributed by atoms with E-state index in [1.54, 1.807) is 13.4 Å². The average molecular weight is 234 g/mol.